The quantitative estimate of drug-likeness (QED) is 0.849. The zero-order chi connectivity index (χ0) is 15.6. The molecule has 2 rings (SSSR count). The summed E-state index contributed by atoms with van der Waals surface area (Å²) >= 11 is 0. The van der Waals surface area contributed by atoms with Gasteiger partial charge >= 0.3 is 12.1 Å². The molecule has 1 N–H and O–H groups in total. The molecule has 0 aromatic rings. The minimum atomic E-state index is -0.895. The number of nitrogens with zero attached hydrogens (tertiary/aromatic N) is 1. The van der Waals surface area contributed by atoms with Crippen LogP contribution in [0.2, 0.25) is 0 Å². The number of carboxylic acids is 1. The van der Waals surface area contributed by atoms with Gasteiger partial charge in [-0.05, 0) is 39.0 Å². The van der Waals surface area contributed by atoms with E-state index in [1.165, 1.54) is 24.2 Å². The normalized spacial score (nSPS) is 27.7. The minimum absolute atomic E-state index is 0.0790. The maximum atomic E-state index is 12.2. The number of hydrogen-bond acceptors (Lipinski definition) is 3. The number of amides is 1. The van der Waals surface area contributed by atoms with Crippen LogP contribution in [0.5, 0.6) is 0 Å². The van der Waals surface area contributed by atoms with Crippen LogP contribution < -0.4 is 0 Å². The zero-order valence-electron chi connectivity index (χ0n) is 13.3. The minimum Gasteiger partial charge on any atom is -0.480 e. The summed E-state index contributed by atoms with van der Waals surface area (Å²) in [6, 6.07) is -0.719. The van der Waals surface area contributed by atoms with Crippen LogP contribution >= 0.6 is 0 Å². The molecule has 1 aliphatic carbocycles. The second-order valence-electron chi connectivity index (χ2n) is 7.31. The van der Waals surface area contributed by atoms with Crippen molar-refractivity contribution < 1.29 is 19.4 Å². The Morgan fingerprint density at radius 3 is 2.24 bits per heavy atom. The van der Waals surface area contributed by atoms with Crippen LogP contribution in [0.25, 0.3) is 0 Å². The van der Waals surface area contributed by atoms with Gasteiger partial charge in [0.05, 0.1) is 0 Å². The topological polar surface area (TPSA) is 66.8 Å². The predicted molar refractivity (Wildman–Crippen MR) is 79.0 cm³/mol. The summed E-state index contributed by atoms with van der Waals surface area (Å²) in [6.45, 7) is 5.90. The Kier molecular flexibility index (Phi) is 4.79. The Balaban J connectivity index is 2.09. The molecule has 1 heterocycles. The first-order valence-electron chi connectivity index (χ1n) is 8.02. The van der Waals surface area contributed by atoms with Crippen molar-refractivity contribution in [2.45, 2.75) is 70.9 Å². The number of ether oxygens (including phenoxy) is 1. The highest BCUT2D eigenvalue weighted by atomic mass is 16.6. The summed E-state index contributed by atoms with van der Waals surface area (Å²) in [5, 5.41) is 9.58. The van der Waals surface area contributed by atoms with Gasteiger partial charge in [-0.3, -0.25) is 4.90 Å². The molecular formula is C16H27NO4. The fourth-order valence-corrected chi connectivity index (χ4v) is 3.71. The molecule has 5 heteroatoms. The van der Waals surface area contributed by atoms with Crippen molar-refractivity contribution in [3.05, 3.63) is 0 Å². The molecule has 2 fully saturated rings. The molecule has 1 amide bonds. The van der Waals surface area contributed by atoms with Crippen molar-refractivity contribution in [1.82, 2.24) is 4.90 Å². The largest absolute Gasteiger partial charge is 0.480 e. The third kappa shape index (κ3) is 3.89. The van der Waals surface area contributed by atoms with Gasteiger partial charge in [-0.15, -0.1) is 0 Å². The highest BCUT2D eigenvalue weighted by molar-refractivity contribution is 5.81. The summed E-state index contributed by atoms with van der Waals surface area (Å²) in [4.78, 5) is 25.4. The van der Waals surface area contributed by atoms with E-state index in [1.807, 2.05) is 0 Å². The van der Waals surface area contributed by atoms with Crippen LogP contribution in [0.4, 0.5) is 4.79 Å². The number of carbonyl (C=O) groups excluding carboxylic acids is 1. The van der Waals surface area contributed by atoms with Crippen LogP contribution in [0.15, 0.2) is 0 Å². The first-order chi connectivity index (χ1) is 9.79. The summed E-state index contributed by atoms with van der Waals surface area (Å²) < 4.78 is 5.36. The molecule has 1 unspecified atom stereocenters. The lowest BCUT2D eigenvalue weighted by atomic mass is 9.76. The SMILES string of the molecule is CC(C)(C)OC(=O)N1CC[C@H](C2CCCCC2)C1C(=O)O. The maximum absolute atomic E-state index is 12.2. The van der Waals surface area contributed by atoms with Gasteiger partial charge < -0.3 is 9.84 Å². The molecule has 21 heavy (non-hydrogen) atoms. The summed E-state index contributed by atoms with van der Waals surface area (Å²) in [7, 11) is 0. The van der Waals surface area contributed by atoms with E-state index in [1.54, 1.807) is 20.8 Å². The number of likely N-dealkylation sites (tertiary alicyclic amines) is 1. The Hall–Kier alpha value is -1.26. The molecule has 5 nitrogen and oxygen atoms in total. The van der Waals surface area contributed by atoms with E-state index in [9.17, 15) is 14.7 Å². The third-order valence-electron chi connectivity index (χ3n) is 4.58. The van der Waals surface area contributed by atoms with Gasteiger partial charge in [0.25, 0.3) is 0 Å². The molecule has 1 saturated heterocycles. The molecule has 1 aliphatic heterocycles. The molecule has 1 saturated carbocycles. The lowest BCUT2D eigenvalue weighted by molar-refractivity contribution is -0.144. The van der Waals surface area contributed by atoms with E-state index in [0.717, 1.165) is 19.3 Å². The molecule has 2 atom stereocenters. The van der Waals surface area contributed by atoms with Crippen LogP contribution in [0, 0.1) is 11.8 Å². The number of rotatable bonds is 2. The smallest absolute Gasteiger partial charge is 0.411 e. The second-order valence-corrected chi connectivity index (χ2v) is 7.31. The number of carbonyl (C=O) groups is 2. The molecule has 0 bridgehead atoms. The molecule has 0 aromatic carbocycles. The van der Waals surface area contributed by atoms with Crippen LogP contribution in [0.3, 0.4) is 0 Å². The van der Waals surface area contributed by atoms with Gasteiger partial charge in [-0.1, -0.05) is 32.1 Å². The molecule has 0 spiro atoms. The predicted octanol–water partition coefficient (Wildman–Crippen LogP) is 3.28. The van der Waals surface area contributed by atoms with Crippen molar-refractivity contribution >= 4 is 12.1 Å². The molecule has 0 aromatic heterocycles. The van der Waals surface area contributed by atoms with Crippen molar-refractivity contribution in [2.75, 3.05) is 6.54 Å². The first kappa shape index (κ1) is 16.1. The molecular weight excluding hydrogens is 270 g/mol. The Labute approximate surface area is 126 Å². The maximum Gasteiger partial charge on any atom is 0.411 e. The van der Waals surface area contributed by atoms with Gasteiger partial charge in [0.1, 0.15) is 11.6 Å². The van der Waals surface area contributed by atoms with Crippen LogP contribution in [0.1, 0.15) is 59.3 Å². The van der Waals surface area contributed by atoms with Gasteiger partial charge in [0.2, 0.25) is 0 Å². The van der Waals surface area contributed by atoms with Gasteiger partial charge in [0, 0.05) is 6.54 Å². The lowest BCUT2D eigenvalue weighted by Crippen LogP contribution is -2.46. The van der Waals surface area contributed by atoms with E-state index in [2.05, 4.69) is 0 Å². The van der Waals surface area contributed by atoms with Crippen LogP contribution in [-0.4, -0.2) is 40.3 Å². The van der Waals surface area contributed by atoms with E-state index in [0.29, 0.717) is 12.5 Å². The van der Waals surface area contributed by atoms with Crippen LogP contribution in [-0.2, 0) is 9.53 Å². The fraction of sp³-hybridized carbons (Fsp3) is 0.875. The molecule has 2 aliphatic rings. The number of carboxylic acid groups (broad SMARTS) is 1. The second kappa shape index (κ2) is 6.24. The van der Waals surface area contributed by atoms with E-state index < -0.39 is 23.7 Å². The fourth-order valence-electron chi connectivity index (χ4n) is 3.71. The van der Waals surface area contributed by atoms with Crippen molar-refractivity contribution in [2.24, 2.45) is 11.8 Å². The monoisotopic (exact) mass is 297 g/mol. The number of hydrogen-bond donors (Lipinski definition) is 1. The van der Waals surface area contributed by atoms with E-state index >= 15 is 0 Å². The highest BCUT2D eigenvalue weighted by Crippen LogP contribution is 2.39. The summed E-state index contributed by atoms with van der Waals surface area (Å²) in [6.07, 6.45) is 6.08. The molecule has 0 radical (unpaired) electrons. The Bertz CT molecular complexity index is 396. The first-order valence-corrected chi connectivity index (χ1v) is 8.02. The van der Waals surface area contributed by atoms with Gasteiger partial charge in [0.15, 0.2) is 0 Å². The number of aliphatic carboxylic acids is 1. The summed E-state index contributed by atoms with van der Waals surface area (Å²) in [5.74, 6) is -0.378. The van der Waals surface area contributed by atoms with Crippen molar-refractivity contribution in [3.63, 3.8) is 0 Å². The average Bonchev–Trinajstić information content (AvgIpc) is 2.82. The van der Waals surface area contributed by atoms with Gasteiger partial charge in [-0.2, -0.15) is 0 Å². The summed E-state index contributed by atoms with van der Waals surface area (Å²) in [5.41, 5.74) is -0.594. The zero-order valence-corrected chi connectivity index (χ0v) is 13.3. The van der Waals surface area contributed by atoms with E-state index in [4.69, 9.17) is 4.74 Å². The molecule has 120 valence electrons. The van der Waals surface area contributed by atoms with Crippen molar-refractivity contribution in [1.29, 1.82) is 0 Å². The lowest BCUT2D eigenvalue weighted by Gasteiger charge is -2.32. The Morgan fingerprint density at radius 1 is 1.10 bits per heavy atom. The van der Waals surface area contributed by atoms with E-state index in [-0.39, 0.29) is 5.92 Å². The average molecular weight is 297 g/mol. The Morgan fingerprint density at radius 2 is 1.71 bits per heavy atom. The van der Waals surface area contributed by atoms with Gasteiger partial charge in [-0.25, -0.2) is 9.59 Å². The van der Waals surface area contributed by atoms with Crippen molar-refractivity contribution in [3.8, 4) is 0 Å². The third-order valence-corrected chi connectivity index (χ3v) is 4.58. The standard InChI is InChI=1S/C16H27NO4/c1-16(2,3)21-15(20)17-10-9-12(13(17)14(18)19)11-7-5-4-6-8-11/h11-13H,4-10H2,1-3H3,(H,18,19)/t12-,13?/m1/s1. The highest BCUT2D eigenvalue weighted by Gasteiger charge is 2.46.